The highest BCUT2D eigenvalue weighted by molar-refractivity contribution is 5.95. The third-order valence-electron chi connectivity index (χ3n) is 2.46. The molecule has 1 atom stereocenters. The molecule has 0 heterocycles. The summed E-state index contributed by atoms with van der Waals surface area (Å²) in [5.41, 5.74) is 0.0874. The van der Waals surface area contributed by atoms with Crippen LogP contribution in [0.25, 0.3) is 0 Å². The van der Waals surface area contributed by atoms with Gasteiger partial charge in [-0.2, -0.15) is 0 Å². The Morgan fingerprint density at radius 2 is 2.16 bits per heavy atom. The monoisotopic (exact) mass is 267 g/mol. The zero-order valence-corrected chi connectivity index (χ0v) is 10.2. The number of nitro benzene ring substituents is 1. The molecule has 19 heavy (non-hydrogen) atoms. The average Bonchev–Trinajstić information content (AvgIpc) is 2.38. The molecule has 0 aliphatic carbocycles. The fourth-order valence-corrected chi connectivity index (χ4v) is 1.48. The first-order chi connectivity index (χ1) is 8.93. The number of aliphatic hydroxyl groups is 1. The van der Waals surface area contributed by atoms with Crippen molar-refractivity contribution in [2.45, 2.75) is 18.9 Å². The molecule has 7 heteroatoms. The molecule has 0 saturated heterocycles. The Morgan fingerprint density at radius 3 is 2.74 bits per heavy atom. The molecule has 0 aliphatic rings. The molecule has 1 aromatic rings. The Morgan fingerprint density at radius 1 is 1.47 bits per heavy atom. The van der Waals surface area contributed by atoms with Crippen LogP contribution in [0.1, 0.15) is 24.5 Å². The number of nitro groups is 1. The minimum absolute atomic E-state index is 0.169. The molecule has 7 nitrogen and oxygen atoms in total. The fraction of sp³-hybridized carbons (Fsp3) is 0.333. The van der Waals surface area contributed by atoms with Crippen molar-refractivity contribution >= 4 is 17.4 Å². The normalized spacial score (nSPS) is 11.7. The highest BCUT2D eigenvalue weighted by Crippen LogP contribution is 2.22. The average molecular weight is 267 g/mol. The van der Waals surface area contributed by atoms with E-state index in [1.165, 1.54) is 24.3 Å². The molecule has 0 aromatic heterocycles. The van der Waals surface area contributed by atoms with Crippen LogP contribution in [0.3, 0.4) is 0 Å². The topological polar surface area (TPSA) is 107 Å². The van der Waals surface area contributed by atoms with Gasteiger partial charge in [0.1, 0.15) is 12.2 Å². The molecule has 1 aromatic carbocycles. The Kier molecular flexibility index (Phi) is 5.13. The van der Waals surface area contributed by atoms with Crippen LogP contribution < -0.4 is 0 Å². The van der Waals surface area contributed by atoms with Crippen LogP contribution in [0.5, 0.6) is 0 Å². The first-order valence-corrected chi connectivity index (χ1v) is 5.45. The number of rotatable bonds is 6. The Labute approximate surface area is 109 Å². The summed E-state index contributed by atoms with van der Waals surface area (Å²) in [6, 6.07) is 5.37. The van der Waals surface area contributed by atoms with Gasteiger partial charge in [0.2, 0.25) is 0 Å². The lowest BCUT2D eigenvalue weighted by atomic mass is 10.0. The van der Waals surface area contributed by atoms with Crippen LogP contribution in [0, 0.1) is 10.1 Å². The summed E-state index contributed by atoms with van der Waals surface area (Å²) in [7, 11) is 1.16. The van der Waals surface area contributed by atoms with Gasteiger partial charge in [-0.1, -0.05) is 12.1 Å². The van der Waals surface area contributed by atoms with Gasteiger partial charge in [0.15, 0.2) is 0 Å². The molecular weight excluding hydrogens is 254 g/mol. The van der Waals surface area contributed by atoms with Crippen molar-refractivity contribution in [2.24, 2.45) is 0 Å². The standard InChI is InChI=1S/C12H13NO6/c1-19-12(16)7-10(14)6-11(15)8-3-2-4-9(5-8)13(17)18/h2-5,11,15H,6-7H2,1H3/t11-/m0/s1. The molecule has 1 N–H and O–H groups in total. The van der Waals surface area contributed by atoms with E-state index in [4.69, 9.17) is 0 Å². The van der Waals surface area contributed by atoms with E-state index >= 15 is 0 Å². The third kappa shape index (κ3) is 4.47. The summed E-state index contributed by atoms with van der Waals surface area (Å²) < 4.78 is 4.33. The van der Waals surface area contributed by atoms with E-state index in [0.29, 0.717) is 0 Å². The number of hydrogen-bond acceptors (Lipinski definition) is 6. The fourth-order valence-electron chi connectivity index (χ4n) is 1.48. The van der Waals surface area contributed by atoms with Crippen LogP contribution in [0.15, 0.2) is 24.3 Å². The number of esters is 1. The van der Waals surface area contributed by atoms with Crippen LogP contribution in [-0.2, 0) is 14.3 Å². The van der Waals surface area contributed by atoms with Gasteiger partial charge in [-0.25, -0.2) is 0 Å². The van der Waals surface area contributed by atoms with Gasteiger partial charge >= 0.3 is 5.97 Å². The number of hydrogen-bond donors (Lipinski definition) is 1. The van der Waals surface area contributed by atoms with Crippen LogP contribution in [0.2, 0.25) is 0 Å². The third-order valence-corrected chi connectivity index (χ3v) is 2.46. The largest absolute Gasteiger partial charge is 0.469 e. The second-order valence-electron chi connectivity index (χ2n) is 3.86. The number of carbonyl (C=O) groups is 2. The number of Topliss-reactive ketones (excluding diaryl/α,β-unsaturated/α-hetero) is 1. The molecule has 102 valence electrons. The van der Waals surface area contributed by atoms with Crippen molar-refractivity contribution in [3.8, 4) is 0 Å². The van der Waals surface area contributed by atoms with E-state index in [1.807, 2.05) is 0 Å². The van der Waals surface area contributed by atoms with Crippen LogP contribution in [0.4, 0.5) is 5.69 Å². The van der Waals surface area contributed by atoms with E-state index in [9.17, 15) is 24.8 Å². The molecular formula is C12H13NO6. The quantitative estimate of drug-likeness (QED) is 0.358. The van der Waals surface area contributed by atoms with Crippen molar-refractivity contribution in [1.29, 1.82) is 0 Å². The smallest absolute Gasteiger partial charge is 0.313 e. The highest BCUT2D eigenvalue weighted by atomic mass is 16.6. The van der Waals surface area contributed by atoms with E-state index in [1.54, 1.807) is 0 Å². The minimum Gasteiger partial charge on any atom is -0.469 e. The Bertz CT molecular complexity index is 499. The molecule has 0 amide bonds. The molecule has 0 saturated carbocycles. The zero-order valence-electron chi connectivity index (χ0n) is 10.2. The first kappa shape index (κ1) is 14.8. The predicted octanol–water partition coefficient (Wildman–Crippen LogP) is 1.15. The number of aliphatic hydroxyl groups excluding tert-OH is 1. The number of ether oxygens (including phenoxy) is 1. The van der Waals surface area contributed by atoms with Crippen molar-refractivity contribution < 1.29 is 24.4 Å². The number of nitrogens with zero attached hydrogens (tertiary/aromatic N) is 1. The number of ketones is 1. The zero-order chi connectivity index (χ0) is 14.4. The van der Waals surface area contributed by atoms with Gasteiger partial charge in [-0.3, -0.25) is 19.7 Å². The summed E-state index contributed by atoms with van der Waals surface area (Å²) in [5, 5.41) is 20.4. The predicted molar refractivity (Wildman–Crippen MR) is 64.3 cm³/mol. The summed E-state index contributed by atoms with van der Waals surface area (Å²) in [4.78, 5) is 32.3. The van der Waals surface area contributed by atoms with Crippen molar-refractivity contribution in [2.75, 3.05) is 7.11 Å². The summed E-state index contributed by atoms with van der Waals surface area (Å²) in [6.07, 6.45) is -1.91. The molecule has 0 spiro atoms. The molecule has 1 rings (SSSR count). The SMILES string of the molecule is COC(=O)CC(=O)C[C@H](O)c1cccc([N+](=O)[O-])c1. The molecule has 0 unspecified atom stereocenters. The number of benzene rings is 1. The van der Waals surface area contributed by atoms with E-state index in [0.717, 1.165) is 7.11 Å². The Hall–Kier alpha value is -2.28. The first-order valence-electron chi connectivity index (χ1n) is 5.45. The highest BCUT2D eigenvalue weighted by Gasteiger charge is 2.18. The van der Waals surface area contributed by atoms with E-state index in [2.05, 4.69) is 4.74 Å². The van der Waals surface area contributed by atoms with Gasteiger partial charge in [0, 0.05) is 18.6 Å². The minimum atomic E-state index is -1.18. The van der Waals surface area contributed by atoms with E-state index in [-0.39, 0.29) is 17.7 Å². The second-order valence-corrected chi connectivity index (χ2v) is 3.86. The summed E-state index contributed by atoms with van der Waals surface area (Å²) in [5.74, 6) is -1.18. The molecule has 0 bridgehead atoms. The molecule has 0 radical (unpaired) electrons. The maximum absolute atomic E-state index is 11.4. The van der Waals surface area contributed by atoms with Crippen LogP contribution in [-0.4, -0.2) is 28.9 Å². The van der Waals surface area contributed by atoms with Crippen molar-refractivity contribution in [1.82, 2.24) is 0 Å². The Balaban J connectivity index is 2.70. The van der Waals surface area contributed by atoms with Gasteiger partial charge < -0.3 is 9.84 Å². The maximum Gasteiger partial charge on any atom is 0.313 e. The number of methoxy groups -OCH3 is 1. The lowest BCUT2D eigenvalue weighted by Gasteiger charge is -2.09. The lowest BCUT2D eigenvalue weighted by molar-refractivity contribution is -0.385. The maximum atomic E-state index is 11.4. The van der Waals surface area contributed by atoms with Crippen molar-refractivity contribution in [3.05, 3.63) is 39.9 Å². The van der Waals surface area contributed by atoms with Gasteiger partial charge in [-0.15, -0.1) is 0 Å². The van der Waals surface area contributed by atoms with Gasteiger partial charge in [-0.05, 0) is 5.56 Å². The summed E-state index contributed by atoms with van der Waals surface area (Å²) in [6.45, 7) is 0. The molecule has 0 fully saturated rings. The summed E-state index contributed by atoms with van der Waals surface area (Å²) >= 11 is 0. The number of non-ortho nitro benzene ring substituents is 1. The van der Waals surface area contributed by atoms with Gasteiger partial charge in [0.25, 0.3) is 5.69 Å². The van der Waals surface area contributed by atoms with Crippen molar-refractivity contribution in [3.63, 3.8) is 0 Å². The van der Waals surface area contributed by atoms with E-state index < -0.39 is 29.2 Å². The number of carbonyl (C=O) groups excluding carboxylic acids is 2. The van der Waals surface area contributed by atoms with Gasteiger partial charge in [0.05, 0.1) is 18.1 Å². The second kappa shape index (κ2) is 6.60. The van der Waals surface area contributed by atoms with Crippen LogP contribution >= 0.6 is 0 Å². The molecule has 0 aliphatic heterocycles. The lowest BCUT2D eigenvalue weighted by Crippen LogP contribution is -2.12.